The average molecular weight is 290 g/mol. The SMILES string of the molecule is CNC(=S)N/N=C/c1cc(Br)ccc1F. The van der Waals surface area contributed by atoms with E-state index in [0.29, 0.717) is 10.7 Å². The highest BCUT2D eigenvalue weighted by atomic mass is 79.9. The van der Waals surface area contributed by atoms with Gasteiger partial charge in [0.05, 0.1) is 6.21 Å². The minimum atomic E-state index is -0.334. The molecule has 6 heteroatoms. The van der Waals surface area contributed by atoms with Crippen LogP contribution in [0.2, 0.25) is 0 Å². The van der Waals surface area contributed by atoms with Crippen molar-refractivity contribution in [3.63, 3.8) is 0 Å². The Morgan fingerprint density at radius 1 is 1.60 bits per heavy atom. The lowest BCUT2D eigenvalue weighted by atomic mass is 10.2. The standard InChI is InChI=1S/C9H9BrFN3S/c1-12-9(15)14-13-5-6-4-7(10)2-3-8(6)11/h2-5H,1H3,(H2,12,14,15)/b13-5+. The van der Waals surface area contributed by atoms with Crippen molar-refractivity contribution in [2.75, 3.05) is 7.05 Å². The van der Waals surface area contributed by atoms with Crippen LogP contribution in [0.15, 0.2) is 27.8 Å². The molecule has 0 aromatic heterocycles. The molecule has 0 atom stereocenters. The second kappa shape index (κ2) is 5.77. The second-order valence-corrected chi connectivity index (χ2v) is 3.94. The molecule has 0 saturated carbocycles. The van der Waals surface area contributed by atoms with E-state index >= 15 is 0 Å². The third-order valence-corrected chi connectivity index (χ3v) is 2.34. The van der Waals surface area contributed by atoms with E-state index in [1.165, 1.54) is 12.3 Å². The number of hydrogen-bond acceptors (Lipinski definition) is 2. The zero-order valence-electron chi connectivity index (χ0n) is 7.92. The number of rotatable bonds is 2. The first kappa shape index (κ1) is 12.1. The maximum Gasteiger partial charge on any atom is 0.186 e. The van der Waals surface area contributed by atoms with Crippen LogP contribution in [0.5, 0.6) is 0 Å². The fourth-order valence-electron chi connectivity index (χ4n) is 0.830. The Bertz CT molecular complexity index is 395. The average Bonchev–Trinajstić information content (AvgIpc) is 2.23. The van der Waals surface area contributed by atoms with Gasteiger partial charge in [-0.25, -0.2) is 4.39 Å². The monoisotopic (exact) mass is 289 g/mol. The summed E-state index contributed by atoms with van der Waals surface area (Å²) in [6, 6.07) is 4.61. The Morgan fingerprint density at radius 3 is 3.00 bits per heavy atom. The quantitative estimate of drug-likeness (QED) is 0.497. The van der Waals surface area contributed by atoms with E-state index in [4.69, 9.17) is 12.2 Å². The molecule has 0 amide bonds. The van der Waals surface area contributed by atoms with Crippen LogP contribution in [0.4, 0.5) is 4.39 Å². The summed E-state index contributed by atoms with van der Waals surface area (Å²) in [5, 5.41) is 6.83. The molecule has 0 aliphatic rings. The van der Waals surface area contributed by atoms with E-state index in [-0.39, 0.29) is 5.82 Å². The third-order valence-electron chi connectivity index (χ3n) is 1.55. The highest BCUT2D eigenvalue weighted by Crippen LogP contribution is 2.13. The van der Waals surface area contributed by atoms with Gasteiger partial charge in [-0.05, 0) is 30.4 Å². The molecule has 1 rings (SSSR count). The predicted octanol–water partition coefficient (Wildman–Crippen LogP) is 2.02. The van der Waals surface area contributed by atoms with Crippen molar-refractivity contribution < 1.29 is 4.39 Å². The number of hydrogen-bond donors (Lipinski definition) is 2. The van der Waals surface area contributed by atoms with E-state index in [1.807, 2.05) is 0 Å². The van der Waals surface area contributed by atoms with Gasteiger partial charge < -0.3 is 5.32 Å². The molecule has 2 N–H and O–H groups in total. The van der Waals surface area contributed by atoms with Crippen LogP contribution in [0.3, 0.4) is 0 Å². The van der Waals surface area contributed by atoms with Gasteiger partial charge in [-0.15, -0.1) is 0 Å². The summed E-state index contributed by atoms with van der Waals surface area (Å²) >= 11 is 8.03. The first-order valence-electron chi connectivity index (χ1n) is 4.09. The smallest absolute Gasteiger partial charge is 0.186 e. The summed E-state index contributed by atoms with van der Waals surface area (Å²) in [6.45, 7) is 0. The Morgan fingerprint density at radius 2 is 2.33 bits per heavy atom. The van der Waals surface area contributed by atoms with Gasteiger partial charge in [0.25, 0.3) is 0 Å². The number of nitrogens with one attached hydrogen (secondary N) is 2. The van der Waals surface area contributed by atoms with Crippen molar-refractivity contribution in [3.8, 4) is 0 Å². The summed E-state index contributed by atoms with van der Waals surface area (Å²) < 4.78 is 14.0. The van der Waals surface area contributed by atoms with Crippen molar-refractivity contribution >= 4 is 39.5 Å². The Kier molecular flexibility index (Phi) is 4.64. The molecule has 0 aliphatic carbocycles. The van der Waals surface area contributed by atoms with Crippen LogP contribution in [0, 0.1) is 5.82 Å². The van der Waals surface area contributed by atoms with Gasteiger partial charge in [-0.1, -0.05) is 15.9 Å². The highest BCUT2D eigenvalue weighted by molar-refractivity contribution is 9.10. The lowest BCUT2D eigenvalue weighted by Gasteiger charge is -2.00. The van der Waals surface area contributed by atoms with Crippen molar-refractivity contribution in [3.05, 3.63) is 34.1 Å². The van der Waals surface area contributed by atoms with Crippen molar-refractivity contribution in [2.45, 2.75) is 0 Å². The lowest BCUT2D eigenvalue weighted by Crippen LogP contribution is -2.28. The van der Waals surface area contributed by atoms with E-state index in [9.17, 15) is 4.39 Å². The molecular formula is C9H9BrFN3S. The summed E-state index contributed by atoms with van der Waals surface area (Å²) in [5.74, 6) is -0.334. The number of nitrogens with zero attached hydrogens (tertiary/aromatic N) is 1. The molecule has 0 saturated heterocycles. The van der Waals surface area contributed by atoms with E-state index in [2.05, 4.69) is 31.8 Å². The van der Waals surface area contributed by atoms with Gasteiger partial charge in [-0.3, -0.25) is 5.43 Å². The van der Waals surface area contributed by atoms with Crippen molar-refractivity contribution in [2.24, 2.45) is 5.10 Å². The fourth-order valence-corrected chi connectivity index (χ4v) is 1.26. The lowest BCUT2D eigenvalue weighted by molar-refractivity contribution is 0.625. The molecule has 0 radical (unpaired) electrons. The van der Waals surface area contributed by atoms with Crippen LogP contribution in [0.1, 0.15) is 5.56 Å². The number of thiocarbonyl (C=S) groups is 1. The molecule has 0 heterocycles. The van der Waals surface area contributed by atoms with Crippen molar-refractivity contribution in [1.82, 2.24) is 10.7 Å². The molecule has 0 fully saturated rings. The van der Waals surface area contributed by atoms with Crippen LogP contribution < -0.4 is 10.7 Å². The number of halogens is 2. The van der Waals surface area contributed by atoms with E-state index < -0.39 is 0 Å². The van der Waals surface area contributed by atoms with E-state index in [0.717, 1.165) is 4.47 Å². The van der Waals surface area contributed by atoms with Gasteiger partial charge >= 0.3 is 0 Å². The molecule has 1 aromatic carbocycles. The topological polar surface area (TPSA) is 36.4 Å². The zero-order valence-corrected chi connectivity index (χ0v) is 10.3. The zero-order chi connectivity index (χ0) is 11.3. The molecular weight excluding hydrogens is 281 g/mol. The largest absolute Gasteiger partial charge is 0.364 e. The maximum absolute atomic E-state index is 13.2. The van der Waals surface area contributed by atoms with Crippen LogP contribution in [-0.4, -0.2) is 18.4 Å². The fraction of sp³-hybridized carbons (Fsp3) is 0.111. The maximum atomic E-state index is 13.2. The first-order chi connectivity index (χ1) is 7.13. The molecule has 0 spiro atoms. The van der Waals surface area contributed by atoms with Gasteiger partial charge in [0.1, 0.15) is 5.82 Å². The van der Waals surface area contributed by atoms with Crippen LogP contribution in [0.25, 0.3) is 0 Å². The van der Waals surface area contributed by atoms with Crippen LogP contribution >= 0.6 is 28.1 Å². The van der Waals surface area contributed by atoms with Gasteiger partial charge in [0.2, 0.25) is 0 Å². The number of hydrazone groups is 1. The normalized spacial score (nSPS) is 10.3. The molecule has 80 valence electrons. The van der Waals surface area contributed by atoms with Crippen LogP contribution in [-0.2, 0) is 0 Å². The van der Waals surface area contributed by atoms with Gasteiger partial charge in [0.15, 0.2) is 5.11 Å². The minimum Gasteiger partial charge on any atom is -0.364 e. The summed E-state index contributed by atoms with van der Waals surface area (Å²) in [5.41, 5.74) is 2.92. The molecule has 0 bridgehead atoms. The summed E-state index contributed by atoms with van der Waals surface area (Å²) in [7, 11) is 1.67. The van der Waals surface area contributed by atoms with Crippen molar-refractivity contribution in [1.29, 1.82) is 0 Å². The third kappa shape index (κ3) is 3.93. The minimum absolute atomic E-state index is 0.334. The molecule has 0 unspecified atom stereocenters. The Balaban J connectivity index is 2.71. The van der Waals surface area contributed by atoms with E-state index in [1.54, 1.807) is 19.2 Å². The molecule has 15 heavy (non-hydrogen) atoms. The predicted molar refractivity (Wildman–Crippen MR) is 66.5 cm³/mol. The molecule has 3 nitrogen and oxygen atoms in total. The summed E-state index contributed by atoms with van der Waals surface area (Å²) in [6.07, 6.45) is 1.36. The summed E-state index contributed by atoms with van der Waals surface area (Å²) in [4.78, 5) is 0. The molecule has 1 aromatic rings. The number of benzene rings is 1. The van der Waals surface area contributed by atoms with Gasteiger partial charge in [0, 0.05) is 17.1 Å². The van der Waals surface area contributed by atoms with Gasteiger partial charge in [-0.2, -0.15) is 5.10 Å². The Hall–Kier alpha value is -1.01. The first-order valence-corrected chi connectivity index (χ1v) is 5.29. The Labute approximate surface area is 101 Å². The second-order valence-electron chi connectivity index (χ2n) is 2.61. The highest BCUT2D eigenvalue weighted by Gasteiger charge is 1.99. The molecule has 0 aliphatic heterocycles.